The smallest absolute Gasteiger partial charge is 0.255 e. The first-order valence-electron chi connectivity index (χ1n) is 9.56. The highest BCUT2D eigenvalue weighted by molar-refractivity contribution is 5.98. The van der Waals surface area contributed by atoms with E-state index in [9.17, 15) is 4.79 Å². The topological polar surface area (TPSA) is 47.6 Å². The molecule has 4 heteroatoms. The molecule has 4 aliphatic carbocycles. The third-order valence-corrected chi connectivity index (χ3v) is 7.00. The van der Waals surface area contributed by atoms with Crippen LogP contribution in [0.2, 0.25) is 0 Å². The van der Waals surface area contributed by atoms with Gasteiger partial charge in [-0.25, -0.2) is 0 Å². The number of hydrogen-bond donors (Lipinski definition) is 1. The number of benzene rings is 1. The van der Waals surface area contributed by atoms with Crippen molar-refractivity contribution in [3.63, 3.8) is 0 Å². The molecule has 1 amide bonds. The van der Waals surface area contributed by atoms with E-state index in [2.05, 4.69) is 12.2 Å². The molecule has 0 unspecified atom stereocenters. The molecule has 136 valence electrons. The summed E-state index contributed by atoms with van der Waals surface area (Å²) in [6.45, 7) is 2.21. The van der Waals surface area contributed by atoms with Crippen LogP contribution in [0.3, 0.4) is 0 Å². The Bertz CT molecular complexity index is 634. The lowest BCUT2D eigenvalue weighted by Crippen LogP contribution is -2.55. The molecule has 1 aromatic rings. The Balaban J connectivity index is 1.53. The molecule has 0 heterocycles. The number of methoxy groups -OCH3 is 2. The van der Waals surface area contributed by atoms with Crippen LogP contribution in [-0.2, 0) is 0 Å². The van der Waals surface area contributed by atoms with Gasteiger partial charge in [0.15, 0.2) is 11.5 Å². The van der Waals surface area contributed by atoms with Gasteiger partial charge in [-0.15, -0.1) is 0 Å². The predicted molar refractivity (Wildman–Crippen MR) is 97.1 cm³/mol. The van der Waals surface area contributed by atoms with Crippen molar-refractivity contribution < 1.29 is 14.3 Å². The van der Waals surface area contributed by atoms with Gasteiger partial charge in [0.25, 0.3) is 5.91 Å². The number of rotatable bonds is 5. The maximum absolute atomic E-state index is 12.9. The minimum atomic E-state index is -0.0565. The van der Waals surface area contributed by atoms with Crippen LogP contribution in [0, 0.1) is 23.2 Å². The van der Waals surface area contributed by atoms with Crippen molar-refractivity contribution in [3.8, 4) is 11.5 Å². The van der Waals surface area contributed by atoms with Crippen molar-refractivity contribution in [1.29, 1.82) is 0 Å². The number of ether oxygens (including phenoxy) is 2. The second-order valence-electron chi connectivity index (χ2n) is 8.52. The van der Waals surface area contributed by atoms with E-state index >= 15 is 0 Å². The van der Waals surface area contributed by atoms with Gasteiger partial charge in [-0.3, -0.25) is 4.79 Å². The van der Waals surface area contributed by atoms with Gasteiger partial charge >= 0.3 is 0 Å². The Morgan fingerprint density at radius 1 is 1.08 bits per heavy atom. The highest BCUT2D eigenvalue weighted by atomic mass is 16.5. The van der Waals surface area contributed by atoms with Gasteiger partial charge < -0.3 is 14.8 Å². The number of para-hydroxylation sites is 1. The summed E-state index contributed by atoms with van der Waals surface area (Å²) in [5, 5.41) is 3.30. The van der Waals surface area contributed by atoms with E-state index in [-0.39, 0.29) is 11.9 Å². The lowest BCUT2D eigenvalue weighted by molar-refractivity contribution is -0.0688. The third kappa shape index (κ3) is 2.80. The molecule has 25 heavy (non-hydrogen) atoms. The first-order valence-corrected chi connectivity index (χ1v) is 9.56. The summed E-state index contributed by atoms with van der Waals surface area (Å²) < 4.78 is 10.8. The highest BCUT2D eigenvalue weighted by Crippen LogP contribution is 2.61. The number of carbonyl (C=O) groups is 1. The number of carbonyl (C=O) groups excluding carboxylic acids is 1. The maximum Gasteiger partial charge on any atom is 0.255 e. The SMILES string of the molecule is COc1cccc(C(=O)N[C@H](C)C23CC4CC(CC(C4)C2)C3)c1OC. The van der Waals surface area contributed by atoms with Gasteiger partial charge in [-0.05, 0) is 80.8 Å². The second kappa shape index (κ2) is 6.22. The average molecular weight is 343 g/mol. The van der Waals surface area contributed by atoms with Crippen molar-refractivity contribution in [2.75, 3.05) is 14.2 Å². The molecule has 1 aromatic carbocycles. The summed E-state index contributed by atoms with van der Waals surface area (Å²) in [5.41, 5.74) is 0.856. The molecule has 1 N–H and O–H groups in total. The summed E-state index contributed by atoms with van der Waals surface area (Å²) >= 11 is 0. The summed E-state index contributed by atoms with van der Waals surface area (Å²) in [5.74, 6) is 3.71. The van der Waals surface area contributed by atoms with Gasteiger partial charge in [0, 0.05) is 6.04 Å². The summed E-state index contributed by atoms with van der Waals surface area (Å²) in [4.78, 5) is 12.9. The number of nitrogens with one attached hydrogen (secondary N) is 1. The van der Waals surface area contributed by atoms with Gasteiger partial charge in [-0.2, -0.15) is 0 Å². The minimum absolute atomic E-state index is 0.0565. The zero-order chi connectivity index (χ0) is 17.6. The van der Waals surface area contributed by atoms with Crippen LogP contribution in [0.1, 0.15) is 55.8 Å². The fourth-order valence-electron chi connectivity index (χ4n) is 6.20. The fourth-order valence-corrected chi connectivity index (χ4v) is 6.20. The van der Waals surface area contributed by atoms with Crippen LogP contribution in [0.4, 0.5) is 0 Å². The number of amides is 1. The van der Waals surface area contributed by atoms with Crippen molar-refractivity contribution in [2.45, 2.75) is 51.5 Å². The molecule has 4 nitrogen and oxygen atoms in total. The second-order valence-corrected chi connectivity index (χ2v) is 8.52. The zero-order valence-corrected chi connectivity index (χ0v) is 15.5. The van der Waals surface area contributed by atoms with E-state index in [1.54, 1.807) is 14.2 Å². The van der Waals surface area contributed by atoms with Crippen LogP contribution in [-0.4, -0.2) is 26.2 Å². The molecular formula is C21H29NO3. The van der Waals surface area contributed by atoms with E-state index in [4.69, 9.17) is 9.47 Å². The molecule has 0 radical (unpaired) electrons. The molecule has 4 aliphatic rings. The molecule has 4 saturated carbocycles. The Labute approximate surface area is 150 Å². The van der Waals surface area contributed by atoms with E-state index in [0.717, 1.165) is 17.8 Å². The predicted octanol–water partition coefficient (Wildman–Crippen LogP) is 4.04. The monoisotopic (exact) mass is 343 g/mol. The fraction of sp³-hybridized carbons (Fsp3) is 0.667. The van der Waals surface area contributed by atoms with Crippen LogP contribution in [0.25, 0.3) is 0 Å². The first-order chi connectivity index (χ1) is 12.0. The molecule has 0 aromatic heterocycles. The normalized spacial score (nSPS) is 33.8. The van der Waals surface area contributed by atoms with Gasteiger partial charge in [-0.1, -0.05) is 6.07 Å². The van der Waals surface area contributed by atoms with E-state index in [1.807, 2.05) is 18.2 Å². The molecule has 4 fully saturated rings. The molecule has 0 aliphatic heterocycles. The van der Waals surface area contributed by atoms with Crippen LogP contribution >= 0.6 is 0 Å². The standard InChI is InChI=1S/C21H29NO3/c1-13(21-10-14-7-15(11-21)9-16(8-14)12-21)22-20(23)17-5-4-6-18(24-2)19(17)25-3/h4-6,13-16H,7-12H2,1-3H3,(H,22,23)/t13-,14?,15?,16?,21?/m1/s1. The molecule has 0 saturated heterocycles. The lowest BCUT2D eigenvalue weighted by Gasteiger charge is -2.59. The van der Waals surface area contributed by atoms with Crippen molar-refractivity contribution >= 4 is 5.91 Å². The molecule has 0 spiro atoms. The Morgan fingerprint density at radius 2 is 1.68 bits per heavy atom. The maximum atomic E-state index is 12.9. The van der Waals surface area contributed by atoms with Crippen LogP contribution in [0.15, 0.2) is 18.2 Å². The van der Waals surface area contributed by atoms with Crippen LogP contribution < -0.4 is 14.8 Å². The van der Waals surface area contributed by atoms with Gasteiger partial charge in [0.1, 0.15) is 0 Å². The highest BCUT2D eigenvalue weighted by Gasteiger charge is 2.53. The van der Waals surface area contributed by atoms with Gasteiger partial charge in [0.2, 0.25) is 0 Å². The van der Waals surface area contributed by atoms with E-state index in [1.165, 1.54) is 38.5 Å². The molecule has 1 atom stereocenters. The first kappa shape index (κ1) is 16.7. The van der Waals surface area contributed by atoms with Crippen LogP contribution in [0.5, 0.6) is 11.5 Å². The summed E-state index contributed by atoms with van der Waals surface area (Å²) in [7, 11) is 3.18. The van der Waals surface area contributed by atoms with Gasteiger partial charge in [0.05, 0.1) is 19.8 Å². The van der Waals surface area contributed by atoms with E-state index in [0.29, 0.717) is 22.5 Å². The van der Waals surface area contributed by atoms with Crippen molar-refractivity contribution in [3.05, 3.63) is 23.8 Å². The van der Waals surface area contributed by atoms with E-state index < -0.39 is 0 Å². The largest absolute Gasteiger partial charge is 0.493 e. The Kier molecular flexibility index (Phi) is 4.17. The molecule has 5 rings (SSSR count). The average Bonchev–Trinajstić information content (AvgIpc) is 2.59. The third-order valence-electron chi connectivity index (χ3n) is 7.00. The Hall–Kier alpha value is -1.71. The molecular weight excluding hydrogens is 314 g/mol. The Morgan fingerprint density at radius 3 is 2.20 bits per heavy atom. The van der Waals surface area contributed by atoms with Crippen molar-refractivity contribution in [1.82, 2.24) is 5.32 Å². The molecule has 4 bridgehead atoms. The summed E-state index contributed by atoms with van der Waals surface area (Å²) in [6.07, 6.45) is 8.12. The zero-order valence-electron chi connectivity index (χ0n) is 15.5. The lowest BCUT2D eigenvalue weighted by atomic mass is 9.48. The quantitative estimate of drug-likeness (QED) is 0.878. The number of hydrogen-bond acceptors (Lipinski definition) is 3. The van der Waals surface area contributed by atoms with Crippen molar-refractivity contribution in [2.24, 2.45) is 23.2 Å². The minimum Gasteiger partial charge on any atom is -0.493 e. The summed E-state index contributed by atoms with van der Waals surface area (Å²) in [6, 6.07) is 5.66.